The van der Waals surface area contributed by atoms with Crippen LogP contribution in [0.5, 0.6) is 0 Å². The molecule has 0 saturated carbocycles. The molecule has 1 fully saturated rings. The number of carbonyl (C=O) groups is 1. The third kappa shape index (κ3) is 3.43. The van der Waals surface area contributed by atoms with E-state index in [0.717, 1.165) is 12.8 Å². The summed E-state index contributed by atoms with van der Waals surface area (Å²) >= 11 is 0. The van der Waals surface area contributed by atoms with Gasteiger partial charge >= 0.3 is 5.97 Å². The van der Waals surface area contributed by atoms with Gasteiger partial charge in [0, 0.05) is 13.0 Å². The van der Waals surface area contributed by atoms with E-state index in [9.17, 15) is 4.79 Å². The maximum atomic E-state index is 11.7. The average Bonchev–Trinajstić information content (AvgIpc) is 2.56. The Labute approximate surface area is 95.4 Å². The molecule has 0 radical (unpaired) electrons. The van der Waals surface area contributed by atoms with Crippen LogP contribution in [-0.2, 0) is 14.3 Å². The minimum absolute atomic E-state index is 0.160. The molecule has 0 aliphatic carbocycles. The van der Waals surface area contributed by atoms with Gasteiger partial charge in [-0.3, -0.25) is 4.79 Å². The van der Waals surface area contributed by atoms with E-state index in [4.69, 9.17) is 19.7 Å². The van der Waals surface area contributed by atoms with E-state index in [0.29, 0.717) is 19.6 Å². The smallest absolute Gasteiger partial charge is 0.316 e. The van der Waals surface area contributed by atoms with Crippen molar-refractivity contribution < 1.29 is 24.5 Å². The van der Waals surface area contributed by atoms with Crippen LogP contribution in [0.3, 0.4) is 0 Å². The van der Waals surface area contributed by atoms with E-state index in [1.165, 1.54) is 6.92 Å². The van der Waals surface area contributed by atoms with Gasteiger partial charge in [0.25, 0.3) is 0 Å². The summed E-state index contributed by atoms with van der Waals surface area (Å²) in [4.78, 5) is 11.7. The highest BCUT2D eigenvalue weighted by molar-refractivity contribution is 5.76. The quantitative estimate of drug-likeness (QED) is 0.672. The molecule has 0 aromatic carbocycles. The lowest BCUT2D eigenvalue weighted by atomic mass is 9.93. The number of hydrogen-bond donors (Lipinski definition) is 2. The Morgan fingerprint density at radius 3 is 2.69 bits per heavy atom. The van der Waals surface area contributed by atoms with Crippen molar-refractivity contribution in [3.63, 3.8) is 0 Å². The van der Waals surface area contributed by atoms with Crippen LogP contribution in [0.1, 0.15) is 26.2 Å². The first kappa shape index (κ1) is 13.4. The van der Waals surface area contributed by atoms with Crippen LogP contribution in [0.15, 0.2) is 0 Å². The highest BCUT2D eigenvalue weighted by Crippen LogP contribution is 2.20. The number of aliphatic hydroxyl groups excluding tert-OH is 2. The molecular weight excluding hydrogens is 212 g/mol. The zero-order valence-electron chi connectivity index (χ0n) is 9.65. The number of ether oxygens (including phenoxy) is 2. The fourth-order valence-corrected chi connectivity index (χ4v) is 1.46. The zero-order chi connectivity index (χ0) is 12.0. The van der Waals surface area contributed by atoms with Gasteiger partial charge in [-0.05, 0) is 19.8 Å². The normalized spacial score (nSPS) is 22.6. The van der Waals surface area contributed by atoms with Crippen LogP contribution in [-0.4, -0.2) is 48.7 Å². The largest absolute Gasteiger partial charge is 0.462 e. The number of rotatable bonds is 4. The Balaban J connectivity index is 2.48. The standard InChI is InChI=1S/C11H20O5/c1-11(7-12,8-13)10(14)16-9-3-2-5-15-6-4-9/h9,12-13H,2-8H2,1H3. The highest BCUT2D eigenvalue weighted by Gasteiger charge is 2.35. The first-order chi connectivity index (χ1) is 7.62. The lowest BCUT2D eigenvalue weighted by molar-refractivity contribution is -0.166. The van der Waals surface area contributed by atoms with Crippen LogP contribution in [0.4, 0.5) is 0 Å². The van der Waals surface area contributed by atoms with Gasteiger partial charge in [0.2, 0.25) is 0 Å². The second-order valence-corrected chi connectivity index (χ2v) is 4.45. The first-order valence-electron chi connectivity index (χ1n) is 5.63. The molecule has 0 aromatic rings. The molecule has 1 rings (SSSR count). The van der Waals surface area contributed by atoms with Crippen LogP contribution in [0.25, 0.3) is 0 Å². The predicted molar refractivity (Wildman–Crippen MR) is 56.8 cm³/mol. The molecule has 1 atom stereocenters. The minimum atomic E-state index is -1.20. The summed E-state index contributed by atoms with van der Waals surface area (Å²) in [7, 11) is 0. The van der Waals surface area contributed by atoms with Crippen molar-refractivity contribution in [2.24, 2.45) is 5.41 Å². The Morgan fingerprint density at radius 1 is 1.38 bits per heavy atom. The summed E-state index contributed by atoms with van der Waals surface area (Å²) in [6.45, 7) is 1.96. The molecule has 0 bridgehead atoms. The Kier molecular flexibility index (Phi) is 5.18. The molecule has 94 valence electrons. The predicted octanol–water partition coefficient (Wildman–Crippen LogP) is 0.0896. The van der Waals surface area contributed by atoms with Gasteiger partial charge in [0.15, 0.2) is 0 Å². The number of hydrogen-bond acceptors (Lipinski definition) is 5. The molecule has 5 nitrogen and oxygen atoms in total. The van der Waals surface area contributed by atoms with E-state index < -0.39 is 24.6 Å². The van der Waals surface area contributed by atoms with Crippen molar-refractivity contribution in [2.45, 2.75) is 32.3 Å². The summed E-state index contributed by atoms with van der Waals surface area (Å²) in [5.74, 6) is -0.538. The summed E-state index contributed by atoms with van der Waals surface area (Å²) < 4.78 is 10.5. The number of esters is 1. The average molecular weight is 232 g/mol. The molecule has 1 aliphatic rings. The van der Waals surface area contributed by atoms with Crippen LogP contribution in [0, 0.1) is 5.41 Å². The van der Waals surface area contributed by atoms with E-state index in [1.54, 1.807) is 0 Å². The van der Waals surface area contributed by atoms with Gasteiger partial charge in [0.05, 0.1) is 19.8 Å². The fourth-order valence-electron chi connectivity index (χ4n) is 1.46. The molecule has 5 heteroatoms. The summed E-state index contributed by atoms with van der Waals surface area (Å²) in [6.07, 6.45) is 2.16. The van der Waals surface area contributed by atoms with Crippen molar-refractivity contribution in [1.82, 2.24) is 0 Å². The minimum Gasteiger partial charge on any atom is -0.462 e. The Morgan fingerprint density at radius 2 is 2.06 bits per heavy atom. The molecule has 0 amide bonds. The topological polar surface area (TPSA) is 76.0 Å². The number of aliphatic hydroxyl groups is 2. The van der Waals surface area contributed by atoms with Crippen molar-refractivity contribution in [1.29, 1.82) is 0 Å². The molecule has 1 unspecified atom stereocenters. The van der Waals surface area contributed by atoms with Gasteiger partial charge < -0.3 is 19.7 Å². The highest BCUT2D eigenvalue weighted by atomic mass is 16.5. The maximum absolute atomic E-state index is 11.7. The van der Waals surface area contributed by atoms with Gasteiger partial charge in [0.1, 0.15) is 11.5 Å². The fraction of sp³-hybridized carbons (Fsp3) is 0.909. The van der Waals surface area contributed by atoms with E-state index >= 15 is 0 Å². The summed E-state index contributed by atoms with van der Waals surface area (Å²) in [6, 6.07) is 0. The molecule has 0 aromatic heterocycles. The summed E-state index contributed by atoms with van der Waals surface area (Å²) in [5, 5.41) is 18.1. The maximum Gasteiger partial charge on any atom is 0.316 e. The zero-order valence-corrected chi connectivity index (χ0v) is 9.65. The van der Waals surface area contributed by atoms with Crippen molar-refractivity contribution >= 4 is 5.97 Å². The molecule has 2 N–H and O–H groups in total. The third-order valence-corrected chi connectivity index (χ3v) is 2.86. The van der Waals surface area contributed by atoms with Gasteiger partial charge in [-0.15, -0.1) is 0 Å². The lowest BCUT2D eigenvalue weighted by Crippen LogP contribution is -2.39. The van der Waals surface area contributed by atoms with E-state index in [2.05, 4.69) is 0 Å². The number of carbonyl (C=O) groups excluding carboxylic acids is 1. The molecule has 0 spiro atoms. The molecule has 1 saturated heterocycles. The van der Waals surface area contributed by atoms with Gasteiger partial charge in [-0.2, -0.15) is 0 Å². The van der Waals surface area contributed by atoms with Gasteiger partial charge in [-0.25, -0.2) is 0 Å². The molecular formula is C11H20O5. The summed E-state index contributed by atoms with van der Waals surface area (Å²) in [5.41, 5.74) is -1.20. The molecule has 16 heavy (non-hydrogen) atoms. The molecule has 1 aliphatic heterocycles. The van der Waals surface area contributed by atoms with Crippen LogP contribution < -0.4 is 0 Å². The lowest BCUT2D eigenvalue weighted by Gasteiger charge is -2.25. The molecule has 1 heterocycles. The van der Waals surface area contributed by atoms with Crippen molar-refractivity contribution in [3.8, 4) is 0 Å². The SMILES string of the molecule is CC(CO)(CO)C(=O)OC1CCCOCC1. The first-order valence-corrected chi connectivity index (χ1v) is 5.63. The second-order valence-electron chi connectivity index (χ2n) is 4.45. The van der Waals surface area contributed by atoms with Gasteiger partial charge in [-0.1, -0.05) is 0 Å². The van der Waals surface area contributed by atoms with Crippen molar-refractivity contribution in [3.05, 3.63) is 0 Å². The second kappa shape index (κ2) is 6.18. The van der Waals surface area contributed by atoms with E-state index in [-0.39, 0.29) is 6.10 Å². The van der Waals surface area contributed by atoms with Crippen molar-refractivity contribution in [2.75, 3.05) is 26.4 Å². The monoisotopic (exact) mass is 232 g/mol. The Bertz CT molecular complexity index is 216. The van der Waals surface area contributed by atoms with E-state index in [1.807, 2.05) is 0 Å². The third-order valence-electron chi connectivity index (χ3n) is 2.86. The van der Waals surface area contributed by atoms with Crippen LogP contribution in [0.2, 0.25) is 0 Å². The Hall–Kier alpha value is -0.650. The van der Waals surface area contributed by atoms with Crippen LogP contribution >= 0.6 is 0 Å².